The third-order valence-electron chi connectivity index (χ3n) is 7.43. The second kappa shape index (κ2) is 11.4. The smallest absolute Gasteiger partial charge is 0.254 e. The molecule has 0 atom stereocenters. The third kappa shape index (κ3) is 6.15. The summed E-state index contributed by atoms with van der Waals surface area (Å²) in [5.74, 6) is 0.605. The minimum atomic E-state index is -0.470. The first-order valence-electron chi connectivity index (χ1n) is 12.9. The number of carbonyl (C=O) groups excluding carboxylic acids is 1. The molecule has 2 aromatic heterocycles. The van der Waals surface area contributed by atoms with E-state index in [1.165, 1.54) is 30.4 Å². The van der Waals surface area contributed by atoms with E-state index in [0.29, 0.717) is 43.8 Å². The highest BCUT2D eigenvalue weighted by molar-refractivity contribution is 6.03. The van der Waals surface area contributed by atoms with Gasteiger partial charge in [0.25, 0.3) is 5.91 Å². The lowest BCUT2D eigenvalue weighted by atomic mass is 9.75. The van der Waals surface area contributed by atoms with Gasteiger partial charge >= 0.3 is 0 Å². The Morgan fingerprint density at radius 2 is 1.97 bits per heavy atom. The Morgan fingerprint density at radius 1 is 1.19 bits per heavy atom. The van der Waals surface area contributed by atoms with E-state index < -0.39 is 5.41 Å². The minimum Gasteiger partial charge on any atom is -0.339 e. The number of hydrogen-bond donors (Lipinski definition) is 0. The molecule has 4 rings (SSSR count). The molecule has 1 aliphatic carbocycles. The van der Waals surface area contributed by atoms with Gasteiger partial charge in [0, 0.05) is 42.7 Å². The number of rotatable bonds is 8. The number of allylic oxidation sites excluding steroid dienone is 4. The molecule has 0 unspecified atom stereocenters. The zero-order valence-corrected chi connectivity index (χ0v) is 21.6. The van der Waals surface area contributed by atoms with Crippen molar-refractivity contribution in [2.24, 2.45) is 5.41 Å². The maximum Gasteiger partial charge on any atom is 0.254 e. The lowest BCUT2D eigenvalue weighted by Gasteiger charge is -2.37. The Balaban J connectivity index is 1.49. The van der Waals surface area contributed by atoms with Gasteiger partial charge in [-0.05, 0) is 81.7 Å². The lowest BCUT2D eigenvalue weighted by Crippen LogP contribution is -2.44. The van der Waals surface area contributed by atoms with E-state index in [0.717, 1.165) is 23.3 Å². The maximum absolute atomic E-state index is 13.7. The van der Waals surface area contributed by atoms with Crippen LogP contribution >= 0.6 is 0 Å². The highest BCUT2D eigenvalue weighted by Gasteiger charge is 2.37. The predicted octanol–water partition coefficient (Wildman–Crippen LogP) is 5.81. The van der Waals surface area contributed by atoms with Crippen molar-refractivity contribution in [1.82, 2.24) is 19.9 Å². The van der Waals surface area contributed by atoms with Crippen LogP contribution in [0.2, 0.25) is 0 Å². The summed E-state index contributed by atoms with van der Waals surface area (Å²) in [6, 6.07) is 8.65. The Kier molecular flexibility index (Phi) is 8.10. The first-order valence-corrected chi connectivity index (χ1v) is 12.9. The minimum absolute atomic E-state index is 0.0214. The fraction of sp³-hybridized carbons (Fsp3) is 0.433. The van der Waals surface area contributed by atoms with Crippen LogP contribution in [0, 0.1) is 16.7 Å². The molecule has 3 heterocycles. The summed E-state index contributed by atoms with van der Waals surface area (Å²) >= 11 is 0. The highest BCUT2D eigenvalue weighted by atomic mass is 16.2. The number of carbonyl (C=O) groups is 1. The fourth-order valence-corrected chi connectivity index (χ4v) is 4.62. The van der Waals surface area contributed by atoms with Gasteiger partial charge in [-0.2, -0.15) is 5.26 Å². The van der Waals surface area contributed by atoms with Crippen molar-refractivity contribution in [2.75, 3.05) is 13.1 Å². The van der Waals surface area contributed by atoms with E-state index >= 15 is 0 Å². The molecule has 1 saturated heterocycles. The van der Waals surface area contributed by atoms with E-state index in [2.05, 4.69) is 47.0 Å². The van der Waals surface area contributed by atoms with Crippen LogP contribution in [0.3, 0.4) is 0 Å². The monoisotopic (exact) mass is 481 g/mol. The second-order valence-corrected chi connectivity index (χ2v) is 10.1. The Hall–Kier alpha value is -3.59. The molecule has 0 spiro atoms. The number of piperidine rings is 1. The van der Waals surface area contributed by atoms with Crippen molar-refractivity contribution in [3.8, 4) is 6.07 Å². The van der Waals surface area contributed by atoms with Gasteiger partial charge in [0.15, 0.2) is 0 Å². The molecule has 0 N–H and O–H groups in total. The quantitative estimate of drug-likeness (QED) is 0.351. The maximum atomic E-state index is 13.7. The van der Waals surface area contributed by atoms with Crippen LogP contribution in [0.5, 0.6) is 0 Å². The van der Waals surface area contributed by atoms with Crippen LogP contribution in [-0.2, 0) is 11.2 Å². The summed E-state index contributed by atoms with van der Waals surface area (Å²) in [6.07, 6.45) is 16.4. The van der Waals surface area contributed by atoms with Crippen LogP contribution in [-0.4, -0.2) is 38.8 Å². The van der Waals surface area contributed by atoms with Crippen LogP contribution < -0.4 is 0 Å². The number of nitriles is 1. The van der Waals surface area contributed by atoms with Gasteiger partial charge in [0.1, 0.15) is 6.33 Å². The Morgan fingerprint density at radius 3 is 2.56 bits per heavy atom. The average molecular weight is 482 g/mol. The number of hydrogen-bond acceptors (Lipinski definition) is 5. The van der Waals surface area contributed by atoms with Crippen LogP contribution in [0.15, 0.2) is 66.3 Å². The molecule has 2 aromatic rings. The molecule has 6 heteroatoms. The number of aromatic nitrogens is 3. The first kappa shape index (κ1) is 25.5. The van der Waals surface area contributed by atoms with Crippen molar-refractivity contribution >= 4 is 11.5 Å². The topological polar surface area (TPSA) is 82.8 Å². The summed E-state index contributed by atoms with van der Waals surface area (Å²) in [6.45, 7) is 7.23. The van der Waals surface area contributed by atoms with E-state index in [4.69, 9.17) is 0 Å². The van der Waals surface area contributed by atoms with Gasteiger partial charge in [0.05, 0.1) is 17.2 Å². The Bertz CT molecular complexity index is 1190. The molecular formula is C30H35N5O. The largest absolute Gasteiger partial charge is 0.339 e. The molecule has 0 bridgehead atoms. The van der Waals surface area contributed by atoms with Gasteiger partial charge in [-0.1, -0.05) is 30.7 Å². The summed E-state index contributed by atoms with van der Waals surface area (Å²) < 4.78 is 0. The molecule has 6 nitrogen and oxygen atoms in total. The van der Waals surface area contributed by atoms with Gasteiger partial charge < -0.3 is 4.90 Å². The molecule has 1 aliphatic heterocycles. The van der Waals surface area contributed by atoms with Crippen molar-refractivity contribution in [2.45, 2.75) is 65.2 Å². The van der Waals surface area contributed by atoms with Crippen molar-refractivity contribution in [1.29, 1.82) is 5.26 Å². The predicted molar refractivity (Wildman–Crippen MR) is 142 cm³/mol. The summed E-state index contributed by atoms with van der Waals surface area (Å²) in [4.78, 5) is 28.5. The van der Waals surface area contributed by atoms with E-state index in [1.807, 2.05) is 42.3 Å². The number of nitrogens with zero attached hydrogens (tertiary/aromatic N) is 5. The van der Waals surface area contributed by atoms with Crippen molar-refractivity contribution in [3.05, 3.63) is 83.2 Å². The Labute approximate surface area is 214 Å². The standard InChI is InChI=1S/C30H35N5O/c1-4-22(2)6-5-7-26(23(3)27-12-15-32-21-34-27)29(36)35-16-13-30(20-31,14-17-35)18-24-8-11-28(33-19-24)25-9-10-25/h5-8,11-12,15,19,21,25H,4,9-10,13-14,16-18H2,1-3H3/b7-5-,22-6+,26-23-. The molecular weight excluding hydrogens is 446 g/mol. The SMILES string of the molecule is CC/C(C)=C/C=C\C(C(=O)N1CCC(C#N)(Cc2ccc(C3CC3)nc2)CC1)=C(/C)c1ccncn1. The van der Waals surface area contributed by atoms with Gasteiger partial charge in [-0.15, -0.1) is 0 Å². The normalized spacial score (nSPS) is 18.6. The van der Waals surface area contributed by atoms with Gasteiger partial charge in [-0.25, -0.2) is 9.97 Å². The van der Waals surface area contributed by atoms with Crippen molar-refractivity contribution < 1.29 is 4.79 Å². The summed E-state index contributed by atoms with van der Waals surface area (Å²) in [5, 5.41) is 10.1. The number of amides is 1. The summed E-state index contributed by atoms with van der Waals surface area (Å²) in [7, 11) is 0. The molecule has 36 heavy (non-hydrogen) atoms. The van der Waals surface area contributed by atoms with Crippen LogP contribution in [0.1, 0.15) is 75.7 Å². The molecule has 186 valence electrons. The second-order valence-electron chi connectivity index (χ2n) is 10.1. The highest BCUT2D eigenvalue weighted by Crippen LogP contribution is 2.39. The molecule has 0 aromatic carbocycles. The van der Waals surface area contributed by atoms with Gasteiger partial charge in [-0.3, -0.25) is 9.78 Å². The van der Waals surface area contributed by atoms with E-state index in [9.17, 15) is 10.1 Å². The van der Waals surface area contributed by atoms with Crippen molar-refractivity contribution in [3.63, 3.8) is 0 Å². The molecule has 1 amide bonds. The van der Waals surface area contributed by atoms with Crippen LogP contribution in [0.25, 0.3) is 5.57 Å². The zero-order valence-electron chi connectivity index (χ0n) is 21.6. The molecule has 0 radical (unpaired) electrons. The fourth-order valence-electron chi connectivity index (χ4n) is 4.62. The van der Waals surface area contributed by atoms with Gasteiger partial charge in [0.2, 0.25) is 0 Å². The molecule has 2 fully saturated rings. The first-order chi connectivity index (χ1) is 17.4. The van der Waals surface area contributed by atoms with E-state index in [-0.39, 0.29) is 5.91 Å². The van der Waals surface area contributed by atoms with Crippen LogP contribution in [0.4, 0.5) is 0 Å². The average Bonchev–Trinajstić information content (AvgIpc) is 3.77. The third-order valence-corrected chi connectivity index (χ3v) is 7.43. The summed E-state index contributed by atoms with van der Waals surface area (Å²) in [5.41, 5.74) is 5.22. The number of likely N-dealkylation sites (tertiary alicyclic amines) is 1. The molecule has 1 saturated carbocycles. The number of pyridine rings is 1. The van der Waals surface area contributed by atoms with E-state index in [1.54, 1.807) is 6.20 Å². The molecule has 2 aliphatic rings. The zero-order chi connectivity index (χ0) is 25.5. The lowest BCUT2D eigenvalue weighted by molar-refractivity contribution is -0.128.